The van der Waals surface area contributed by atoms with Crippen molar-refractivity contribution in [1.29, 1.82) is 0 Å². The Morgan fingerprint density at radius 1 is 1.26 bits per heavy atom. The Morgan fingerprint density at radius 2 is 1.96 bits per heavy atom. The van der Waals surface area contributed by atoms with Crippen LogP contribution >= 0.6 is 0 Å². The molecule has 0 bridgehead atoms. The molecule has 0 radical (unpaired) electrons. The molecule has 3 nitrogen and oxygen atoms in total. The van der Waals surface area contributed by atoms with Crippen LogP contribution in [0, 0.1) is 23.1 Å². The first-order valence-corrected chi connectivity index (χ1v) is 8.64. The van der Waals surface area contributed by atoms with Gasteiger partial charge in [-0.3, -0.25) is 4.79 Å². The summed E-state index contributed by atoms with van der Waals surface area (Å²) in [6, 6.07) is 6.48. The summed E-state index contributed by atoms with van der Waals surface area (Å²) in [5.41, 5.74) is 0.699. The largest absolute Gasteiger partial charge is 0.373 e. The monoisotopic (exact) mass is 319 g/mol. The third-order valence-corrected chi connectivity index (χ3v) is 5.65. The van der Waals surface area contributed by atoms with Crippen LogP contribution in [0.1, 0.15) is 51.2 Å². The van der Waals surface area contributed by atoms with Gasteiger partial charge in [-0.1, -0.05) is 32.4 Å². The molecule has 2 fully saturated rings. The van der Waals surface area contributed by atoms with E-state index in [0.29, 0.717) is 19.1 Å². The summed E-state index contributed by atoms with van der Waals surface area (Å²) in [6.45, 7) is 5.41. The molecule has 126 valence electrons. The molecule has 2 aliphatic rings. The van der Waals surface area contributed by atoms with Gasteiger partial charge in [0.15, 0.2) is 0 Å². The van der Waals surface area contributed by atoms with Crippen molar-refractivity contribution < 1.29 is 13.9 Å². The summed E-state index contributed by atoms with van der Waals surface area (Å²) in [6.07, 6.45) is 4.43. The Labute approximate surface area is 137 Å². The van der Waals surface area contributed by atoms with Crippen LogP contribution in [0.25, 0.3) is 0 Å². The molecular weight excluding hydrogens is 293 g/mol. The first kappa shape index (κ1) is 16.4. The van der Waals surface area contributed by atoms with Gasteiger partial charge >= 0.3 is 0 Å². The second-order valence-corrected chi connectivity index (χ2v) is 7.45. The van der Waals surface area contributed by atoms with Gasteiger partial charge in [-0.05, 0) is 42.9 Å². The van der Waals surface area contributed by atoms with Crippen molar-refractivity contribution in [3.8, 4) is 0 Å². The Kier molecular flexibility index (Phi) is 4.72. The van der Waals surface area contributed by atoms with E-state index in [1.54, 1.807) is 12.1 Å². The smallest absolute Gasteiger partial charge is 0.225 e. The molecule has 2 atom stereocenters. The number of halogens is 1. The van der Waals surface area contributed by atoms with E-state index >= 15 is 0 Å². The molecule has 1 aromatic carbocycles. The summed E-state index contributed by atoms with van der Waals surface area (Å²) >= 11 is 0. The molecule has 1 heterocycles. The Hall–Kier alpha value is -1.42. The van der Waals surface area contributed by atoms with Crippen LogP contribution in [0.2, 0.25) is 0 Å². The summed E-state index contributed by atoms with van der Waals surface area (Å²) in [5, 5.41) is 3.13. The summed E-state index contributed by atoms with van der Waals surface area (Å²) in [4.78, 5) is 12.5. The quantitative estimate of drug-likeness (QED) is 0.895. The Morgan fingerprint density at radius 3 is 2.57 bits per heavy atom. The molecule has 4 heteroatoms. The zero-order valence-corrected chi connectivity index (χ0v) is 14.0. The molecule has 0 spiro atoms. The number of nitrogens with one attached hydrogen (secondary N) is 1. The predicted molar refractivity (Wildman–Crippen MR) is 87.3 cm³/mol. The molecule has 1 saturated heterocycles. The van der Waals surface area contributed by atoms with Gasteiger partial charge in [0, 0.05) is 24.5 Å². The Balaban J connectivity index is 1.58. The summed E-state index contributed by atoms with van der Waals surface area (Å²) in [5.74, 6) is 0.669. The number of carbonyl (C=O) groups excluding carboxylic acids is 1. The fourth-order valence-corrected chi connectivity index (χ4v) is 3.63. The molecule has 23 heavy (non-hydrogen) atoms. The van der Waals surface area contributed by atoms with Gasteiger partial charge in [0.2, 0.25) is 5.91 Å². The van der Waals surface area contributed by atoms with Gasteiger partial charge in [0.1, 0.15) is 5.82 Å². The van der Waals surface area contributed by atoms with Gasteiger partial charge in [0.25, 0.3) is 0 Å². The zero-order chi connectivity index (χ0) is 16.4. The normalized spacial score (nSPS) is 25.2. The van der Waals surface area contributed by atoms with E-state index in [1.165, 1.54) is 18.6 Å². The minimum atomic E-state index is -0.289. The highest BCUT2D eigenvalue weighted by molar-refractivity contribution is 5.82. The van der Waals surface area contributed by atoms with Crippen molar-refractivity contribution in [2.75, 3.05) is 13.2 Å². The van der Waals surface area contributed by atoms with Crippen LogP contribution in [0.3, 0.4) is 0 Å². The lowest BCUT2D eigenvalue weighted by molar-refractivity contribution is -0.134. The number of hydrogen-bond donors (Lipinski definition) is 1. The second kappa shape index (κ2) is 6.60. The molecule has 1 amide bonds. The van der Waals surface area contributed by atoms with E-state index in [4.69, 9.17) is 4.74 Å². The number of benzene rings is 1. The predicted octanol–water partition coefficient (Wildman–Crippen LogP) is 3.85. The van der Waals surface area contributed by atoms with Crippen LogP contribution in [0.5, 0.6) is 0 Å². The molecule has 1 aliphatic carbocycles. The van der Waals surface area contributed by atoms with Crippen LogP contribution in [0.4, 0.5) is 4.39 Å². The average Bonchev–Trinajstić information content (AvgIpc) is 2.91. The highest BCUT2D eigenvalue weighted by Crippen LogP contribution is 2.42. The lowest BCUT2D eigenvalue weighted by Gasteiger charge is -2.39. The standard InChI is InChI=1S/C19H26FNO2/c1-19(2,15-4-3-5-15)18(22)21-12-14-10-11-23-17(14)13-6-8-16(20)9-7-13/h6-9,14-15,17H,3-5,10-12H2,1-2H3,(H,21,22)/t14-,17-/m0/s1. The zero-order valence-electron chi connectivity index (χ0n) is 14.0. The van der Waals surface area contributed by atoms with E-state index in [0.717, 1.165) is 24.8 Å². The van der Waals surface area contributed by atoms with Gasteiger partial charge in [-0.2, -0.15) is 0 Å². The SMILES string of the molecule is CC(C)(C(=O)NC[C@@H]1CCO[C@H]1c1ccc(F)cc1)C1CCC1. The average molecular weight is 319 g/mol. The molecule has 0 unspecified atom stereocenters. The number of ether oxygens (including phenoxy) is 1. The van der Waals surface area contributed by atoms with Crippen molar-refractivity contribution in [1.82, 2.24) is 5.32 Å². The van der Waals surface area contributed by atoms with E-state index < -0.39 is 0 Å². The molecule has 1 aliphatic heterocycles. The maximum atomic E-state index is 13.1. The maximum absolute atomic E-state index is 13.1. The molecule has 1 N–H and O–H groups in total. The van der Waals surface area contributed by atoms with Crippen molar-refractivity contribution in [3.63, 3.8) is 0 Å². The fraction of sp³-hybridized carbons (Fsp3) is 0.632. The third-order valence-electron chi connectivity index (χ3n) is 5.65. The lowest BCUT2D eigenvalue weighted by atomic mass is 9.67. The highest BCUT2D eigenvalue weighted by atomic mass is 19.1. The molecule has 3 rings (SSSR count). The lowest BCUT2D eigenvalue weighted by Crippen LogP contribution is -2.45. The van der Waals surface area contributed by atoms with E-state index in [9.17, 15) is 9.18 Å². The Bertz CT molecular complexity index is 551. The van der Waals surface area contributed by atoms with Crippen LogP contribution in [-0.2, 0) is 9.53 Å². The summed E-state index contributed by atoms with van der Waals surface area (Å²) < 4.78 is 18.9. The van der Waals surface area contributed by atoms with Gasteiger partial charge < -0.3 is 10.1 Å². The minimum absolute atomic E-state index is 0.0530. The fourth-order valence-electron chi connectivity index (χ4n) is 3.63. The molecule has 0 aromatic heterocycles. The molecular formula is C19H26FNO2. The highest BCUT2D eigenvalue weighted by Gasteiger charge is 2.40. The number of rotatable bonds is 5. The summed E-state index contributed by atoms with van der Waals surface area (Å²) in [7, 11) is 0. The first-order valence-electron chi connectivity index (χ1n) is 8.64. The van der Waals surface area contributed by atoms with E-state index in [1.807, 2.05) is 0 Å². The van der Waals surface area contributed by atoms with Crippen LogP contribution in [-0.4, -0.2) is 19.1 Å². The number of amides is 1. The first-order chi connectivity index (χ1) is 11.0. The molecule has 1 saturated carbocycles. The maximum Gasteiger partial charge on any atom is 0.225 e. The van der Waals surface area contributed by atoms with Crippen molar-refractivity contribution in [3.05, 3.63) is 35.6 Å². The van der Waals surface area contributed by atoms with Crippen LogP contribution in [0.15, 0.2) is 24.3 Å². The van der Waals surface area contributed by atoms with Crippen molar-refractivity contribution in [2.45, 2.75) is 45.6 Å². The molecule has 1 aromatic rings. The third kappa shape index (κ3) is 3.42. The van der Waals surface area contributed by atoms with Gasteiger partial charge in [-0.15, -0.1) is 0 Å². The van der Waals surface area contributed by atoms with Gasteiger partial charge in [0.05, 0.1) is 6.10 Å². The minimum Gasteiger partial charge on any atom is -0.373 e. The van der Waals surface area contributed by atoms with Crippen molar-refractivity contribution >= 4 is 5.91 Å². The second-order valence-electron chi connectivity index (χ2n) is 7.45. The van der Waals surface area contributed by atoms with Crippen molar-refractivity contribution in [2.24, 2.45) is 17.3 Å². The van der Waals surface area contributed by atoms with E-state index in [-0.39, 0.29) is 29.2 Å². The van der Waals surface area contributed by atoms with Crippen LogP contribution < -0.4 is 5.32 Å². The van der Waals surface area contributed by atoms with E-state index in [2.05, 4.69) is 19.2 Å². The number of hydrogen-bond acceptors (Lipinski definition) is 2. The van der Waals surface area contributed by atoms with Gasteiger partial charge in [-0.25, -0.2) is 4.39 Å². The number of carbonyl (C=O) groups is 1. The topological polar surface area (TPSA) is 38.3 Å².